The van der Waals surface area contributed by atoms with Gasteiger partial charge in [-0.2, -0.15) is 0 Å². The van der Waals surface area contributed by atoms with Gasteiger partial charge in [0.05, 0.1) is 17.1 Å². The van der Waals surface area contributed by atoms with Gasteiger partial charge >= 0.3 is 0 Å². The number of anilines is 1. The summed E-state index contributed by atoms with van der Waals surface area (Å²) in [7, 11) is -3.78. The maximum atomic E-state index is 12.4. The minimum Gasteiger partial charge on any atom is -0.364 e. The Morgan fingerprint density at radius 2 is 1.92 bits per heavy atom. The van der Waals surface area contributed by atoms with Crippen LogP contribution < -0.4 is 10.0 Å². The van der Waals surface area contributed by atoms with Crippen molar-refractivity contribution in [3.63, 3.8) is 0 Å². The number of aromatic nitrogens is 1. The molecule has 7 nitrogen and oxygen atoms in total. The van der Waals surface area contributed by atoms with Crippen molar-refractivity contribution in [2.24, 2.45) is 0 Å². The molecular formula is C18H17N3O4S. The molecule has 0 aliphatic rings. The average Bonchev–Trinajstić information content (AvgIpc) is 3.14. The molecule has 0 fully saturated rings. The van der Waals surface area contributed by atoms with E-state index in [-0.39, 0.29) is 22.9 Å². The first-order valence-electron chi connectivity index (χ1n) is 7.81. The van der Waals surface area contributed by atoms with E-state index in [4.69, 9.17) is 0 Å². The minimum atomic E-state index is -3.78. The number of hydrogen-bond donors (Lipinski definition) is 2. The summed E-state index contributed by atoms with van der Waals surface area (Å²) in [6, 6.07) is 14.8. The lowest BCUT2D eigenvalue weighted by Gasteiger charge is -2.09. The van der Waals surface area contributed by atoms with Crippen LogP contribution in [0.1, 0.15) is 21.6 Å². The lowest BCUT2D eigenvalue weighted by molar-refractivity contribution is 0.102. The van der Waals surface area contributed by atoms with Gasteiger partial charge in [-0.3, -0.25) is 4.79 Å². The highest BCUT2D eigenvalue weighted by molar-refractivity contribution is 7.89. The molecule has 0 saturated carbocycles. The number of nitrogens with zero attached hydrogens (tertiary/aromatic N) is 1. The molecule has 3 rings (SSSR count). The summed E-state index contributed by atoms with van der Waals surface area (Å²) in [5, 5.41) is 6.40. The van der Waals surface area contributed by atoms with Crippen LogP contribution in [0.2, 0.25) is 0 Å². The first-order chi connectivity index (χ1) is 12.4. The normalized spacial score (nSPS) is 11.3. The Labute approximate surface area is 151 Å². The van der Waals surface area contributed by atoms with Gasteiger partial charge in [0.25, 0.3) is 5.91 Å². The van der Waals surface area contributed by atoms with Crippen molar-refractivity contribution < 1.29 is 17.7 Å². The van der Waals surface area contributed by atoms with Crippen LogP contribution in [-0.4, -0.2) is 19.5 Å². The zero-order chi connectivity index (χ0) is 18.6. The molecular weight excluding hydrogens is 354 g/mol. The molecule has 0 atom stereocenters. The summed E-state index contributed by atoms with van der Waals surface area (Å²) >= 11 is 0. The predicted molar refractivity (Wildman–Crippen MR) is 96.1 cm³/mol. The highest BCUT2D eigenvalue weighted by Gasteiger charge is 2.17. The van der Waals surface area contributed by atoms with Crippen LogP contribution >= 0.6 is 0 Å². The Kier molecular flexibility index (Phi) is 5.15. The van der Waals surface area contributed by atoms with E-state index in [1.165, 1.54) is 24.5 Å². The Morgan fingerprint density at radius 1 is 1.12 bits per heavy atom. The maximum Gasteiger partial charge on any atom is 0.255 e. The molecule has 0 saturated heterocycles. The lowest BCUT2D eigenvalue weighted by Crippen LogP contribution is -2.24. The van der Waals surface area contributed by atoms with Gasteiger partial charge in [0.15, 0.2) is 0 Å². The van der Waals surface area contributed by atoms with Gasteiger partial charge < -0.3 is 9.84 Å². The average molecular weight is 371 g/mol. The number of sulfonamides is 1. The summed E-state index contributed by atoms with van der Waals surface area (Å²) in [6.07, 6.45) is 1.36. The second-order valence-corrected chi connectivity index (χ2v) is 7.43. The molecule has 1 aromatic heterocycles. The summed E-state index contributed by atoms with van der Waals surface area (Å²) in [6.45, 7) is 1.92. The van der Waals surface area contributed by atoms with Gasteiger partial charge in [-0.05, 0) is 42.8 Å². The van der Waals surface area contributed by atoms with Gasteiger partial charge in [-0.15, -0.1) is 0 Å². The molecule has 8 heteroatoms. The Balaban J connectivity index is 1.75. The van der Waals surface area contributed by atoms with Crippen LogP contribution in [0.15, 0.2) is 70.3 Å². The third kappa shape index (κ3) is 4.35. The topological polar surface area (TPSA) is 101 Å². The van der Waals surface area contributed by atoms with E-state index in [1.807, 2.05) is 25.1 Å². The number of amides is 1. The SMILES string of the molecule is Cc1cccc(NC(=O)c2cccc(S(=O)(=O)NCc3ccon3)c2)c1. The van der Waals surface area contributed by atoms with Crippen LogP contribution in [0.3, 0.4) is 0 Å². The van der Waals surface area contributed by atoms with Gasteiger partial charge in [-0.1, -0.05) is 23.4 Å². The van der Waals surface area contributed by atoms with Gasteiger partial charge in [0, 0.05) is 17.3 Å². The minimum absolute atomic E-state index is 0.00144. The molecule has 2 N–H and O–H groups in total. The Hall–Kier alpha value is -2.97. The molecule has 0 radical (unpaired) electrons. The van der Waals surface area contributed by atoms with Crippen LogP contribution in [0.25, 0.3) is 0 Å². The van der Waals surface area contributed by atoms with E-state index >= 15 is 0 Å². The molecule has 0 spiro atoms. The molecule has 0 unspecified atom stereocenters. The highest BCUT2D eigenvalue weighted by Crippen LogP contribution is 2.15. The van der Waals surface area contributed by atoms with Crippen molar-refractivity contribution in [3.05, 3.63) is 77.7 Å². The number of rotatable bonds is 6. The van der Waals surface area contributed by atoms with E-state index in [0.29, 0.717) is 11.4 Å². The summed E-state index contributed by atoms with van der Waals surface area (Å²) < 4.78 is 31.9. The molecule has 1 heterocycles. The molecule has 1 amide bonds. The number of carbonyl (C=O) groups is 1. The van der Waals surface area contributed by atoms with E-state index in [9.17, 15) is 13.2 Å². The van der Waals surface area contributed by atoms with Crippen LogP contribution in [0.5, 0.6) is 0 Å². The largest absolute Gasteiger partial charge is 0.364 e. The second kappa shape index (κ2) is 7.51. The number of nitrogens with one attached hydrogen (secondary N) is 2. The summed E-state index contributed by atoms with van der Waals surface area (Å²) in [5.41, 5.74) is 2.36. The summed E-state index contributed by atoms with van der Waals surface area (Å²) in [5.74, 6) is -0.385. The molecule has 134 valence electrons. The predicted octanol–water partition coefficient (Wildman–Crippen LogP) is 2.71. The fourth-order valence-corrected chi connectivity index (χ4v) is 3.36. The fourth-order valence-electron chi connectivity index (χ4n) is 2.31. The standard InChI is InChI=1S/C18H17N3O4S/c1-13-4-2-6-15(10-13)20-18(22)14-5-3-7-17(11-14)26(23,24)19-12-16-8-9-25-21-16/h2-11,19H,12H2,1H3,(H,20,22). The quantitative estimate of drug-likeness (QED) is 0.694. The maximum absolute atomic E-state index is 12.4. The van der Waals surface area contributed by atoms with Crippen molar-refractivity contribution in [2.75, 3.05) is 5.32 Å². The number of carbonyl (C=O) groups excluding carboxylic acids is 1. The number of aryl methyl sites for hydroxylation is 1. The van der Waals surface area contributed by atoms with Gasteiger partial charge in [0.2, 0.25) is 10.0 Å². The Morgan fingerprint density at radius 3 is 2.65 bits per heavy atom. The molecule has 0 aliphatic heterocycles. The van der Waals surface area contributed by atoms with E-state index in [0.717, 1.165) is 5.56 Å². The Bertz CT molecular complexity index is 1010. The van der Waals surface area contributed by atoms with E-state index in [2.05, 4.69) is 19.7 Å². The molecule has 26 heavy (non-hydrogen) atoms. The van der Waals surface area contributed by atoms with Crippen molar-refractivity contribution in [1.82, 2.24) is 9.88 Å². The van der Waals surface area contributed by atoms with E-state index in [1.54, 1.807) is 18.2 Å². The third-order valence-corrected chi connectivity index (χ3v) is 5.02. The van der Waals surface area contributed by atoms with Crippen molar-refractivity contribution in [2.45, 2.75) is 18.4 Å². The monoisotopic (exact) mass is 371 g/mol. The number of benzene rings is 2. The van der Waals surface area contributed by atoms with E-state index < -0.39 is 10.0 Å². The number of hydrogen-bond acceptors (Lipinski definition) is 5. The van der Waals surface area contributed by atoms with Gasteiger partial charge in [-0.25, -0.2) is 13.1 Å². The van der Waals surface area contributed by atoms with Crippen LogP contribution in [0, 0.1) is 6.92 Å². The lowest BCUT2D eigenvalue weighted by atomic mass is 10.2. The van der Waals surface area contributed by atoms with Crippen LogP contribution in [-0.2, 0) is 16.6 Å². The zero-order valence-electron chi connectivity index (χ0n) is 14.0. The fraction of sp³-hybridized carbons (Fsp3) is 0.111. The summed E-state index contributed by atoms with van der Waals surface area (Å²) in [4.78, 5) is 12.4. The zero-order valence-corrected chi connectivity index (χ0v) is 14.8. The molecule has 0 aliphatic carbocycles. The van der Waals surface area contributed by atoms with Crippen molar-refractivity contribution >= 4 is 21.6 Å². The smallest absolute Gasteiger partial charge is 0.255 e. The second-order valence-electron chi connectivity index (χ2n) is 5.67. The van der Waals surface area contributed by atoms with Crippen LogP contribution in [0.4, 0.5) is 5.69 Å². The first-order valence-corrected chi connectivity index (χ1v) is 9.29. The molecule has 3 aromatic rings. The third-order valence-electron chi connectivity index (χ3n) is 3.62. The van der Waals surface area contributed by atoms with Gasteiger partial charge in [0.1, 0.15) is 6.26 Å². The molecule has 0 bridgehead atoms. The first kappa shape index (κ1) is 17.8. The highest BCUT2D eigenvalue weighted by atomic mass is 32.2. The van der Waals surface area contributed by atoms with Crippen molar-refractivity contribution in [1.29, 1.82) is 0 Å². The molecule has 2 aromatic carbocycles. The van der Waals surface area contributed by atoms with Crippen molar-refractivity contribution in [3.8, 4) is 0 Å².